The predicted octanol–water partition coefficient (Wildman–Crippen LogP) is 4.92. The van der Waals surface area contributed by atoms with Gasteiger partial charge < -0.3 is 0 Å². The molecule has 3 unspecified atom stereocenters. The predicted molar refractivity (Wildman–Crippen MR) is 101 cm³/mol. The molecule has 1 aromatic carbocycles. The molecule has 0 heterocycles. The lowest BCUT2D eigenvalue weighted by Crippen LogP contribution is -2.28. The molecule has 24 heavy (non-hydrogen) atoms. The van der Waals surface area contributed by atoms with E-state index in [1.807, 2.05) is 25.1 Å². The minimum absolute atomic E-state index is 0.0601. The quantitative estimate of drug-likeness (QED) is 0.594. The number of carbonyl (C=O) groups excluding carboxylic acids is 1. The third kappa shape index (κ3) is 6.21. The van der Waals surface area contributed by atoms with Gasteiger partial charge in [0.25, 0.3) is 0 Å². The average molecular weight is 370 g/mol. The smallest absolute Gasteiger partial charge is 0.235 e. The van der Waals surface area contributed by atoms with Gasteiger partial charge in [-0.05, 0) is 42.9 Å². The van der Waals surface area contributed by atoms with E-state index in [1.165, 1.54) is 32.1 Å². The molecule has 0 bridgehead atoms. The van der Waals surface area contributed by atoms with Gasteiger partial charge in [0, 0.05) is 10.9 Å². The highest BCUT2D eigenvalue weighted by atomic mass is 35.5. The van der Waals surface area contributed by atoms with Crippen molar-refractivity contribution in [3.8, 4) is 0 Å². The van der Waals surface area contributed by atoms with Crippen molar-refractivity contribution in [3.05, 3.63) is 34.3 Å². The lowest BCUT2D eigenvalue weighted by molar-refractivity contribution is -0.120. The van der Waals surface area contributed by atoms with Crippen LogP contribution in [-0.2, 0) is 21.5 Å². The molecule has 134 valence electrons. The second kappa shape index (κ2) is 9.57. The molecule has 0 spiro atoms. The van der Waals surface area contributed by atoms with Crippen molar-refractivity contribution in [3.63, 3.8) is 0 Å². The fourth-order valence-electron chi connectivity index (χ4n) is 3.03. The van der Waals surface area contributed by atoms with Crippen LogP contribution < -0.4 is 4.72 Å². The van der Waals surface area contributed by atoms with E-state index in [1.54, 1.807) is 0 Å². The largest absolute Gasteiger partial charge is 0.275 e. The fourth-order valence-corrected chi connectivity index (χ4v) is 4.40. The molecule has 1 fully saturated rings. The van der Waals surface area contributed by atoms with Crippen LogP contribution in [0, 0.1) is 18.8 Å². The number of aryl methyl sites for hydroxylation is 1. The summed E-state index contributed by atoms with van der Waals surface area (Å²) in [6.07, 6.45) is 8.38. The first-order valence-corrected chi connectivity index (χ1v) is 10.6. The third-order valence-corrected chi connectivity index (χ3v) is 6.00. The van der Waals surface area contributed by atoms with E-state index in [-0.39, 0.29) is 17.6 Å². The molecule has 2 rings (SSSR count). The second-order valence-electron chi connectivity index (χ2n) is 6.86. The Bertz CT molecular complexity index is 591. The Morgan fingerprint density at radius 3 is 2.75 bits per heavy atom. The van der Waals surface area contributed by atoms with E-state index in [9.17, 15) is 9.00 Å². The van der Waals surface area contributed by atoms with Gasteiger partial charge >= 0.3 is 0 Å². The van der Waals surface area contributed by atoms with Crippen LogP contribution in [0.2, 0.25) is 5.02 Å². The van der Waals surface area contributed by atoms with Crippen LogP contribution >= 0.6 is 11.6 Å². The van der Waals surface area contributed by atoms with Crippen LogP contribution in [0.5, 0.6) is 0 Å². The SMILES string of the molecule is CCCCCCCC1CC1C(=O)NS(=O)Cc1ccc(C)cc1Cl. The highest BCUT2D eigenvalue weighted by Gasteiger charge is 2.42. The first-order valence-electron chi connectivity index (χ1n) is 8.95. The lowest BCUT2D eigenvalue weighted by Gasteiger charge is -2.07. The Hall–Kier alpha value is -0.870. The molecule has 0 saturated heterocycles. The third-order valence-electron chi connectivity index (χ3n) is 4.65. The monoisotopic (exact) mass is 369 g/mol. The van der Waals surface area contributed by atoms with Crippen LogP contribution in [0.1, 0.15) is 63.0 Å². The molecule has 5 heteroatoms. The molecule has 1 saturated carbocycles. The zero-order valence-corrected chi connectivity index (χ0v) is 16.2. The molecule has 0 aliphatic heterocycles. The number of unbranched alkanes of at least 4 members (excludes halogenated alkanes) is 4. The van der Waals surface area contributed by atoms with Gasteiger partial charge in [-0.25, -0.2) is 4.21 Å². The van der Waals surface area contributed by atoms with Crippen LogP contribution in [0.15, 0.2) is 18.2 Å². The second-order valence-corrected chi connectivity index (χ2v) is 8.45. The van der Waals surface area contributed by atoms with Gasteiger partial charge in [0.05, 0.1) is 5.75 Å². The number of carbonyl (C=O) groups is 1. The summed E-state index contributed by atoms with van der Waals surface area (Å²) in [5.74, 6) is 0.759. The number of nitrogens with one attached hydrogen (secondary N) is 1. The summed E-state index contributed by atoms with van der Waals surface area (Å²) < 4.78 is 14.8. The Labute approximate surface area is 153 Å². The van der Waals surface area contributed by atoms with Gasteiger partial charge in [-0.15, -0.1) is 0 Å². The molecule has 3 nitrogen and oxygen atoms in total. The van der Waals surface area contributed by atoms with Gasteiger partial charge in [-0.1, -0.05) is 62.8 Å². The Kier molecular flexibility index (Phi) is 7.76. The maximum absolute atomic E-state index is 12.2. The summed E-state index contributed by atoms with van der Waals surface area (Å²) in [4.78, 5) is 12.2. The first kappa shape index (κ1) is 19.5. The van der Waals surface area contributed by atoms with Crippen molar-refractivity contribution in [2.75, 3.05) is 0 Å². The minimum Gasteiger partial charge on any atom is -0.275 e. The average Bonchev–Trinajstić information content (AvgIpc) is 3.29. The molecular formula is C19H28ClNO2S. The van der Waals surface area contributed by atoms with E-state index in [0.29, 0.717) is 10.9 Å². The normalized spacial score (nSPS) is 20.6. The summed E-state index contributed by atoms with van der Waals surface area (Å²) in [5, 5.41) is 0.606. The van der Waals surface area contributed by atoms with Gasteiger partial charge in [0.15, 0.2) is 0 Å². The maximum atomic E-state index is 12.2. The Balaban J connectivity index is 1.68. The fraction of sp³-hybridized carbons (Fsp3) is 0.632. The van der Waals surface area contributed by atoms with Crippen LogP contribution in [0.3, 0.4) is 0 Å². The minimum atomic E-state index is -1.41. The topological polar surface area (TPSA) is 46.2 Å². The van der Waals surface area contributed by atoms with Crippen molar-refractivity contribution in [1.82, 2.24) is 4.72 Å². The zero-order valence-electron chi connectivity index (χ0n) is 14.6. The molecule has 1 N–H and O–H groups in total. The summed E-state index contributed by atoms with van der Waals surface area (Å²) >= 11 is 6.15. The molecule has 3 atom stereocenters. The Morgan fingerprint density at radius 2 is 2.04 bits per heavy atom. The van der Waals surface area contributed by atoms with Crippen molar-refractivity contribution in [2.45, 2.75) is 64.5 Å². The number of amides is 1. The van der Waals surface area contributed by atoms with Crippen molar-refractivity contribution in [2.24, 2.45) is 11.8 Å². The van der Waals surface area contributed by atoms with Crippen LogP contribution in [-0.4, -0.2) is 10.1 Å². The Morgan fingerprint density at radius 1 is 1.29 bits per heavy atom. The summed E-state index contributed by atoms with van der Waals surface area (Å²) in [6, 6.07) is 5.67. The van der Waals surface area contributed by atoms with Gasteiger partial charge in [0.1, 0.15) is 11.0 Å². The van der Waals surface area contributed by atoms with E-state index in [2.05, 4.69) is 11.6 Å². The maximum Gasteiger partial charge on any atom is 0.235 e. The van der Waals surface area contributed by atoms with Gasteiger partial charge in [0.2, 0.25) is 5.91 Å². The molecule has 0 aromatic heterocycles. The van der Waals surface area contributed by atoms with Gasteiger partial charge in [-0.3, -0.25) is 9.52 Å². The van der Waals surface area contributed by atoms with E-state index < -0.39 is 11.0 Å². The van der Waals surface area contributed by atoms with E-state index in [4.69, 9.17) is 11.6 Å². The molecule has 0 radical (unpaired) electrons. The highest BCUT2D eigenvalue weighted by molar-refractivity contribution is 7.82. The van der Waals surface area contributed by atoms with Crippen molar-refractivity contribution >= 4 is 28.5 Å². The number of rotatable bonds is 10. The molecular weight excluding hydrogens is 342 g/mol. The molecule has 1 aliphatic carbocycles. The lowest BCUT2D eigenvalue weighted by atomic mass is 10.1. The number of hydrogen-bond donors (Lipinski definition) is 1. The summed E-state index contributed by atoms with van der Waals surface area (Å²) in [5.41, 5.74) is 1.88. The van der Waals surface area contributed by atoms with Crippen molar-refractivity contribution in [1.29, 1.82) is 0 Å². The van der Waals surface area contributed by atoms with Crippen LogP contribution in [0.4, 0.5) is 0 Å². The van der Waals surface area contributed by atoms with Crippen LogP contribution in [0.25, 0.3) is 0 Å². The van der Waals surface area contributed by atoms with E-state index in [0.717, 1.165) is 24.0 Å². The molecule has 1 aromatic rings. The number of hydrogen-bond acceptors (Lipinski definition) is 2. The standard InChI is InChI=1S/C19H28ClNO2S/c1-3-4-5-6-7-8-15-12-17(15)19(22)21-24(23)13-16-10-9-14(2)11-18(16)20/h9-11,15,17H,3-8,12-13H2,1-2H3,(H,21,22). The summed E-state index contributed by atoms with van der Waals surface area (Å²) in [6.45, 7) is 4.18. The zero-order chi connectivity index (χ0) is 17.5. The van der Waals surface area contributed by atoms with E-state index >= 15 is 0 Å². The number of halogens is 1. The number of benzene rings is 1. The summed E-state index contributed by atoms with van der Waals surface area (Å²) in [7, 11) is -1.41. The molecule has 1 aliphatic rings. The highest BCUT2D eigenvalue weighted by Crippen LogP contribution is 2.42. The van der Waals surface area contributed by atoms with Crippen molar-refractivity contribution < 1.29 is 9.00 Å². The molecule has 1 amide bonds. The van der Waals surface area contributed by atoms with Gasteiger partial charge in [-0.2, -0.15) is 0 Å². The first-order chi connectivity index (χ1) is 11.5.